The van der Waals surface area contributed by atoms with Gasteiger partial charge in [0.15, 0.2) is 12.5 Å². The maximum absolute atomic E-state index is 6.19. The average Bonchev–Trinajstić information content (AvgIpc) is 2.42. The molecule has 98 valence electrons. The second-order valence-corrected chi connectivity index (χ2v) is 4.60. The monoisotopic (exact) mass is 297 g/mol. The Hall–Kier alpha value is -1.56. The zero-order valence-electron chi connectivity index (χ0n) is 9.69. The smallest absolute Gasteiger partial charge is 0.224 e. The number of hydrogen-bond donors (Lipinski definition) is 1. The summed E-state index contributed by atoms with van der Waals surface area (Å²) in [6.45, 7) is 0.693. The van der Waals surface area contributed by atoms with Gasteiger partial charge < -0.3 is 14.8 Å². The van der Waals surface area contributed by atoms with Crippen molar-refractivity contribution in [1.82, 2.24) is 9.97 Å². The first-order chi connectivity index (χ1) is 9.24. The molecule has 2 heterocycles. The molecule has 0 saturated heterocycles. The summed E-state index contributed by atoms with van der Waals surface area (Å²) in [6, 6.07) is 5.35. The Morgan fingerprint density at radius 2 is 2.11 bits per heavy atom. The Kier molecular flexibility index (Phi) is 3.42. The molecule has 0 unspecified atom stereocenters. The molecular formula is C12H9Cl2N3O2. The third kappa shape index (κ3) is 2.58. The second-order valence-electron chi connectivity index (χ2n) is 3.86. The van der Waals surface area contributed by atoms with Gasteiger partial charge in [0.05, 0.1) is 11.6 Å². The third-order valence-electron chi connectivity index (χ3n) is 2.61. The second kappa shape index (κ2) is 5.21. The van der Waals surface area contributed by atoms with Gasteiger partial charge in [0.1, 0.15) is 11.5 Å². The van der Waals surface area contributed by atoms with Gasteiger partial charge in [-0.25, -0.2) is 9.97 Å². The van der Waals surface area contributed by atoms with Crippen molar-refractivity contribution in [2.24, 2.45) is 0 Å². The molecule has 2 aromatic rings. The minimum atomic E-state index is 0.162. The van der Waals surface area contributed by atoms with Crippen molar-refractivity contribution in [3.63, 3.8) is 0 Å². The van der Waals surface area contributed by atoms with Crippen LogP contribution in [0.2, 0.25) is 10.3 Å². The van der Waals surface area contributed by atoms with Crippen LogP contribution in [0.5, 0.6) is 5.75 Å². The van der Waals surface area contributed by atoms with E-state index in [2.05, 4.69) is 15.3 Å². The zero-order chi connectivity index (χ0) is 13.2. The van der Waals surface area contributed by atoms with Crippen LogP contribution in [-0.2, 0) is 11.3 Å². The largest absolute Gasteiger partial charge is 0.465 e. The molecule has 0 atom stereocenters. The van der Waals surface area contributed by atoms with E-state index in [0.717, 1.165) is 5.56 Å². The minimum Gasteiger partial charge on any atom is -0.465 e. The number of nitrogens with one attached hydrogen (secondary N) is 1. The quantitative estimate of drug-likeness (QED) is 0.861. The number of ether oxygens (including phenoxy) is 2. The number of fused-ring (bicyclic) bond motifs is 1. The summed E-state index contributed by atoms with van der Waals surface area (Å²) in [4.78, 5) is 7.88. The van der Waals surface area contributed by atoms with Crippen molar-refractivity contribution in [3.05, 3.63) is 40.3 Å². The Morgan fingerprint density at radius 1 is 1.21 bits per heavy atom. The molecule has 5 nitrogen and oxygen atoms in total. The van der Waals surface area contributed by atoms with Crippen LogP contribution in [0.15, 0.2) is 24.4 Å². The molecule has 1 aliphatic heterocycles. The number of aromatic nitrogens is 2. The first-order valence-corrected chi connectivity index (χ1v) is 6.27. The van der Waals surface area contributed by atoms with Crippen molar-refractivity contribution in [1.29, 1.82) is 0 Å². The van der Waals surface area contributed by atoms with Crippen LogP contribution in [0.3, 0.4) is 0 Å². The molecule has 0 amide bonds. The van der Waals surface area contributed by atoms with Gasteiger partial charge in [0, 0.05) is 11.8 Å². The van der Waals surface area contributed by atoms with Crippen molar-refractivity contribution >= 4 is 34.7 Å². The van der Waals surface area contributed by atoms with Gasteiger partial charge in [-0.3, -0.25) is 0 Å². The number of rotatable bonds is 2. The lowest BCUT2D eigenvalue weighted by Crippen LogP contribution is -2.13. The molecule has 19 heavy (non-hydrogen) atoms. The number of anilines is 2. The van der Waals surface area contributed by atoms with E-state index in [-0.39, 0.29) is 12.1 Å². The molecule has 1 aromatic carbocycles. The Morgan fingerprint density at radius 3 is 2.95 bits per heavy atom. The first kappa shape index (κ1) is 12.5. The van der Waals surface area contributed by atoms with Crippen molar-refractivity contribution < 1.29 is 9.47 Å². The maximum Gasteiger partial charge on any atom is 0.224 e. The van der Waals surface area contributed by atoms with Gasteiger partial charge in [-0.15, -0.1) is 0 Å². The summed E-state index contributed by atoms with van der Waals surface area (Å²) in [7, 11) is 0. The highest BCUT2D eigenvalue weighted by Gasteiger charge is 2.18. The SMILES string of the molecule is Clc1nccc(Nc2c(Cl)ccc3c2OCOC3)n1. The predicted molar refractivity (Wildman–Crippen MR) is 72.1 cm³/mol. The Balaban J connectivity index is 2.00. The molecule has 0 bridgehead atoms. The summed E-state index contributed by atoms with van der Waals surface area (Å²) in [5.74, 6) is 1.22. The minimum absolute atomic E-state index is 0.162. The molecule has 3 rings (SSSR count). The average molecular weight is 298 g/mol. The lowest BCUT2D eigenvalue weighted by Gasteiger charge is -2.21. The fourth-order valence-electron chi connectivity index (χ4n) is 1.78. The summed E-state index contributed by atoms with van der Waals surface area (Å²) in [6.07, 6.45) is 1.56. The Bertz CT molecular complexity index is 622. The van der Waals surface area contributed by atoms with Crippen LogP contribution >= 0.6 is 23.2 Å². The molecule has 1 aliphatic rings. The van der Waals surface area contributed by atoms with Crippen LogP contribution in [0.4, 0.5) is 11.5 Å². The van der Waals surface area contributed by atoms with Gasteiger partial charge >= 0.3 is 0 Å². The highest BCUT2D eigenvalue weighted by Crippen LogP contribution is 2.39. The lowest BCUT2D eigenvalue weighted by atomic mass is 10.1. The number of hydrogen-bond acceptors (Lipinski definition) is 5. The lowest BCUT2D eigenvalue weighted by molar-refractivity contribution is -0.0158. The molecule has 0 spiro atoms. The van der Waals surface area contributed by atoms with Crippen LogP contribution in [0.1, 0.15) is 5.56 Å². The third-order valence-corrected chi connectivity index (χ3v) is 3.11. The fraction of sp³-hybridized carbons (Fsp3) is 0.167. The summed E-state index contributed by atoms with van der Waals surface area (Å²) in [5, 5.41) is 3.79. The summed E-state index contributed by atoms with van der Waals surface area (Å²) >= 11 is 11.9. The van der Waals surface area contributed by atoms with Gasteiger partial charge in [-0.1, -0.05) is 17.7 Å². The first-order valence-electron chi connectivity index (χ1n) is 5.51. The number of nitrogens with zero attached hydrogens (tertiary/aromatic N) is 2. The van der Waals surface area contributed by atoms with Crippen LogP contribution in [-0.4, -0.2) is 16.8 Å². The fourth-order valence-corrected chi connectivity index (χ4v) is 2.13. The molecule has 1 N–H and O–H groups in total. The van der Waals surface area contributed by atoms with E-state index in [1.54, 1.807) is 18.3 Å². The molecule has 1 aromatic heterocycles. The van der Waals surface area contributed by atoms with Crippen LogP contribution in [0, 0.1) is 0 Å². The van der Waals surface area contributed by atoms with Gasteiger partial charge in [-0.2, -0.15) is 0 Å². The van der Waals surface area contributed by atoms with E-state index in [1.165, 1.54) is 0 Å². The molecule has 0 radical (unpaired) electrons. The highest BCUT2D eigenvalue weighted by molar-refractivity contribution is 6.33. The standard InChI is InChI=1S/C12H9Cl2N3O2/c13-8-2-1-7-5-18-6-19-11(7)10(8)16-9-3-4-15-12(14)17-9/h1-4H,5-6H2,(H,15,16,17). The van der Waals surface area contributed by atoms with E-state index in [1.807, 2.05) is 6.07 Å². The van der Waals surface area contributed by atoms with Crippen molar-refractivity contribution in [3.8, 4) is 5.75 Å². The molecule has 7 heteroatoms. The topological polar surface area (TPSA) is 56.3 Å². The van der Waals surface area contributed by atoms with Gasteiger partial charge in [0.25, 0.3) is 0 Å². The highest BCUT2D eigenvalue weighted by atomic mass is 35.5. The van der Waals surface area contributed by atoms with E-state index >= 15 is 0 Å². The van der Waals surface area contributed by atoms with Gasteiger partial charge in [0.2, 0.25) is 5.28 Å². The van der Waals surface area contributed by atoms with Crippen molar-refractivity contribution in [2.45, 2.75) is 6.61 Å². The number of benzene rings is 1. The molecule has 0 aliphatic carbocycles. The normalized spacial score (nSPS) is 13.6. The molecule has 0 fully saturated rings. The van der Waals surface area contributed by atoms with E-state index < -0.39 is 0 Å². The number of halogens is 2. The van der Waals surface area contributed by atoms with E-state index in [0.29, 0.717) is 28.9 Å². The van der Waals surface area contributed by atoms with Crippen LogP contribution < -0.4 is 10.1 Å². The van der Waals surface area contributed by atoms with Gasteiger partial charge in [-0.05, 0) is 23.7 Å². The molecular weight excluding hydrogens is 289 g/mol. The molecule has 0 saturated carbocycles. The summed E-state index contributed by atoms with van der Waals surface area (Å²) < 4.78 is 10.7. The van der Waals surface area contributed by atoms with E-state index in [9.17, 15) is 0 Å². The predicted octanol–water partition coefficient (Wildman–Crippen LogP) is 3.39. The summed E-state index contributed by atoms with van der Waals surface area (Å²) in [5.41, 5.74) is 1.58. The van der Waals surface area contributed by atoms with Crippen molar-refractivity contribution in [2.75, 3.05) is 12.1 Å². The van der Waals surface area contributed by atoms with Crippen LogP contribution in [0.25, 0.3) is 0 Å². The Labute approximate surface area is 119 Å². The zero-order valence-corrected chi connectivity index (χ0v) is 11.2. The maximum atomic E-state index is 6.19. The van der Waals surface area contributed by atoms with E-state index in [4.69, 9.17) is 32.7 Å².